The summed E-state index contributed by atoms with van der Waals surface area (Å²) in [5.41, 5.74) is 1.74. The standard InChI is InChI=1S/C20H19NO2/c1-20(2,13-14-9-5-3-6-10-14)21-17-16(18(22)19(17)23)15-11-7-4-8-12-15/h3-12,21H,13H2,1-2H3. The number of nitrogens with one attached hydrogen (secondary N) is 1. The number of hydrogen-bond acceptors (Lipinski definition) is 3. The van der Waals surface area contributed by atoms with E-state index in [1.165, 1.54) is 5.56 Å². The second-order valence-corrected chi connectivity index (χ2v) is 6.45. The Kier molecular flexibility index (Phi) is 3.87. The highest BCUT2D eigenvalue weighted by Crippen LogP contribution is 2.27. The van der Waals surface area contributed by atoms with Crippen LogP contribution in [0.4, 0.5) is 5.69 Å². The third-order valence-electron chi connectivity index (χ3n) is 3.93. The van der Waals surface area contributed by atoms with Gasteiger partial charge >= 0.3 is 0 Å². The highest BCUT2D eigenvalue weighted by atomic mass is 16.2. The van der Waals surface area contributed by atoms with Crippen LogP contribution in [0.3, 0.4) is 0 Å². The van der Waals surface area contributed by atoms with Crippen molar-refractivity contribution in [2.45, 2.75) is 25.8 Å². The van der Waals surface area contributed by atoms with E-state index in [9.17, 15) is 9.59 Å². The van der Waals surface area contributed by atoms with Crippen LogP contribution in [0, 0.1) is 0 Å². The molecule has 23 heavy (non-hydrogen) atoms. The summed E-state index contributed by atoms with van der Waals surface area (Å²) in [6.45, 7) is 4.07. The van der Waals surface area contributed by atoms with Gasteiger partial charge < -0.3 is 5.32 Å². The molecule has 3 nitrogen and oxygen atoms in total. The predicted octanol–water partition coefficient (Wildman–Crippen LogP) is 3.38. The smallest absolute Gasteiger partial charge is 0.250 e. The minimum atomic E-state index is -0.426. The molecule has 3 aromatic carbocycles. The molecule has 3 aromatic rings. The van der Waals surface area contributed by atoms with Crippen molar-refractivity contribution in [2.75, 3.05) is 5.32 Å². The van der Waals surface area contributed by atoms with Crippen LogP contribution in [0.25, 0.3) is 11.1 Å². The first-order valence-corrected chi connectivity index (χ1v) is 7.69. The molecule has 116 valence electrons. The molecule has 0 amide bonds. The van der Waals surface area contributed by atoms with Crippen molar-refractivity contribution < 1.29 is 0 Å². The molecule has 0 unspecified atom stereocenters. The van der Waals surface area contributed by atoms with Gasteiger partial charge in [-0.05, 0) is 31.4 Å². The number of rotatable bonds is 5. The van der Waals surface area contributed by atoms with Crippen LogP contribution in [0.1, 0.15) is 19.4 Å². The summed E-state index contributed by atoms with van der Waals surface area (Å²) in [4.78, 5) is 24.0. The van der Waals surface area contributed by atoms with Gasteiger partial charge in [-0.15, -0.1) is 0 Å². The summed E-state index contributed by atoms with van der Waals surface area (Å²) in [5, 5.41) is 3.28. The maximum atomic E-state index is 12.0. The molecule has 0 aliphatic carbocycles. The number of hydrogen-bond donors (Lipinski definition) is 1. The molecular formula is C20H19NO2. The maximum absolute atomic E-state index is 12.0. The molecular weight excluding hydrogens is 286 g/mol. The van der Waals surface area contributed by atoms with Crippen molar-refractivity contribution >= 4 is 5.69 Å². The molecule has 3 rings (SSSR count). The van der Waals surface area contributed by atoms with Crippen LogP contribution in [0.2, 0.25) is 0 Å². The van der Waals surface area contributed by atoms with Crippen molar-refractivity contribution in [1.29, 1.82) is 0 Å². The first-order valence-electron chi connectivity index (χ1n) is 7.69. The molecule has 0 saturated carbocycles. The SMILES string of the molecule is CC(C)(Cc1ccccc1)Nc1c(-c2ccccc2)c(=O)c1=O. The van der Waals surface area contributed by atoms with E-state index >= 15 is 0 Å². The molecule has 1 N–H and O–H groups in total. The highest BCUT2D eigenvalue weighted by Gasteiger charge is 2.27. The Morgan fingerprint density at radius 2 is 1.39 bits per heavy atom. The molecule has 0 radical (unpaired) electrons. The fraction of sp³-hybridized carbons (Fsp3) is 0.200. The largest absolute Gasteiger partial charge is 0.376 e. The molecule has 0 aliphatic heterocycles. The van der Waals surface area contributed by atoms with Crippen molar-refractivity contribution in [3.05, 3.63) is 86.7 Å². The molecule has 3 heteroatoms. The Morgan fingerprint density at radius 1 is 0.826 bits per heavy atom. The average molecular weight is 305 g/mol. The van der Waals surface area contributed by atoms with Gasteiger partial charge in [0.2, 0.25) is 10.9 Å². The quantitative estimate of drug-likeness (QED) is 0.735. The van der Waals surface area contributed by atoms with Crippen molar-refractivity contribution in [3.63, 3.8) is 0 Å². The van der Waals surface area contributed by atoms with Crippen molar-refractivity contribution in [3.8, 4) is 11.1 Å². The summed E-state index contributed by atoms with van der Waals surface area (Å²) in [7, 11) is 0. The summed E-state index contributed by atoms with van der Waals surface area (Å²) < 4.78 is 0. The lowest BCUT2D eigenvalue weighted by Gasteiger charge is -2.29. The Morgan fingerprint density at radius 3 is 2.00 bits per heavy atom. The zero-order valence-electron chi connectivity index (χ0n) is 13.3. The summed E-state index contributed by atoms with van der Waals surface area (Å²) >= 11 is 0. The lowest BCUT2D eigenvalue weighted by atomic mass is 9.92. The van der Waals surface area contributed by atoms with Gasteiger partial charge in [0, 0.05) is 5.54 Å². The summed E-state index contributed by atoms with van der Waals surface area (Å²) in [6.07, 6.45) is 0.765. The zero-order valence-corrected chi connectivity index (χ0v) is 13.3. The molecule has 0 heterocycles. The summed E-state index contributed by atoms with van der Waals surface area (Å²) in [6, 6.07) is 19.4. The van der Waals surface area contributed by atoms with Gasteiger partial charge in [-0.1, -0.05) is 60.7 Å². The van der Waals surface area contributed by atoms with Gasteiger partial charge in [-0.25, -0.2) is 0 Å². The van der Waals surface area contributed by atoms with E-state index in [0.717, 1.165) is 12.0 Å². The lowest BCUT2D eigenvalue weighted by molar-refractivity contribution is 0.563. The normalized spacial score (nSPS) is 11.6. The average Bonchev–Trinajstić information content (AvgIpc) is 2.55. The van der Waals surface area contributed by atoms with E-state index < -0.39 is 10.9 Å². The van der Waals surface area contributed by atoms with Gasteiger partial charge in [0.25, 0.3) is 0 Å². The van der Waals surface area contributed by atoms with Crippen LogP contribution in [0.5, 0.6) is 0 Å². The number of benzene rings is 2. The van der Waals surface area contributed by atoms with Crippen LogP contribution in [-0.2, 0) is 6.42 Å². The topological polar surface area (TPSA) is 46.2 Å². The van der Waals surface area contributed by atoms with E-state index in [-0.39, 0.29) is 5.54 Å². The predicted molar refractivity (Wildman–Crippen MR) is 94.6 cm³/mol. The van der Waals surface area contributed by atoms with E-state index in [1.54, 1.807) is 0 Å². The van der Waals surface area contributed by atoms with E-state index in [2.05, 4.69) is 17.4 Å². The molecule has 0 aliphatic rings. The van der Waals surface area contributed by atoms with E-state index in [1.807, 2.05) is 62.4 Å². The third kappa shape index (κ3) is 3.09. The van der Waals surface area contributed by atoms with Crippen molar-refractivity contribution in [1.82, 2.24) is 0 Å². The highest BCUT2D eigenvalue weighted by molar-refractivity contribution is 5.82. The Hall–Kier alpha value is -2.68. The molecule has 0 fully saturated rings. The molecule has 0 aromatic heterocycles. The lowest BCUT2D eigenvalue weighted by Crippen LogP contribution is -2.43. The van der Waals surface area contributed by atoms with Gasteiger partial charge in [-0.3, -0.25) is 9.59 Å². The van der Waals surface area contributed by atoms with Gasteiger partial charge in [-0.2, -0.15) is 0 Å². The van der Waals surface area contributed by atoms with Crippen LogP contribution >= 0.6 is 0 Å². The Bertz CT molecular complexity index is 873. The number of anilines is 1. The Balaban J connectivity index is 1.88. The van der Waals surface area contributed by atoms with Crippen LogP contribution < -0.4 is 16.2 Å². The summed E-state index contributed by atoms with van der Waals surface area (Å²) in [5.74, 6) is 0. The first kappa shape index (κ1) is 15.2. The van der Waals surface area contributed by atoms with E-state index in [0.29, 0.717) is 11.3 Å². The van der Waals surface area contributed by atoms with Gasteiger partial charge in [0.1, 0.15) is 0 Å². The molecule has 0 atom stereocenters. The second kappa shape index (κ2) is 5.84. The van der Waals surface area contributed by atoms with Crippen molar-refractivity contribution in [2.24, 2.45) is 0 Å². The van der Waals surface area contributed by atoms with Gasteiger partial charge in [0.15, 0.2) is 0 Å². The van der Waals surface area contributed by atoms with Crippen LogP contribution in [0.15, 0.2) is 70.3 Å². The molecule has 0 bridgehead atoms. The van der Waals surface area contributed by atoms with Crippen LogP contribution in [-0.4, -0.2) is 5.54 Å². The fourth-order valence-corrected chi connectivity index (χ4v) is 2.88. The second-order valence-electron chi connectivity index (χ2n) is 6.45. The minimum Gasteiger partial charge on any atom is -0.376 e. The zero-order chi connectivity index (χ0) is 16.4. The monoisotopic (exact) mass is 305 g/mol. The molecule has 0 spiro atoms. The third-order valence-corrected chi connectivity index (χ3v) is 3.93. The minimum absolute atomic E-state index is 0.326. The van der Waals surface area contributed by atoms with Gasteiger partial charge in [0.05, 0.1) is 11.3 Å². The fourth-order valence-electron chi connectivity index (χ4n) is 2.88. The van der Waals surface area contributed by atoms with E-state index in [4.69, 9.17) is 0 Å². The Labute approximate surface area is 135 Å². The first-order chi connectivity index (χ1) is 11.0. The molecule has 0 saturated heterocycles. The maximum Gasteiger partial charge on any atom is 0.250 e.